The number of benzene rings is 2. The predicted octanol–water partition coefficient (Wildman–Crippen LogP) is 3.66. The van der Waals surface area contributed by atoms with Crippen molar-refractivity contribution in [3.05, 3.63) is 60.2 Å². The van der Waals surface area contributed by atoms with Crippen LogP contribution in [-0.2, 0) is 6.54 Å². The summed E-state index contributed by atoms with van der Waals surface area (Å²) < 4.78 is 0. The molecule has 0 spiro atoms. The van der Waals surface area contributed by atoms with Crippen LogP contribution in [0, 0.1) is 0 Å². The molecule has 2 aromatic rings. The van der Waals surface area contributed by atoms with E-state index in [1.807, 2.05) is 32.0 Å². The van der Waals surface area contributed by atoms with Crippen molar-refractivity contribution in [2.75, 3.05) is 7.05 Å². The Morgan fingerprint density at radius 3 is 1.85 bits per heavy atom. The van der Waals surface area contributed by atoms with Crippen LogP contribution in [0.15, 0.2) is 59.6 Å². The smallest absolute Gasteiger partial charge is 0.0348 e. The molecular weight excluding hydrogens is 246 g/mol. The van der Waals surface area contributed by atoms with E-state index < -0.39 is 0 Å². The minimum absolute atomic E-state index is 0.703. The fourth-order valence-corrected chi connectivity index (χ4v) is 1.56. The standard InChI is InChI=1S/C13H14N2.C2H5N.C2H6/c14-15-10-11-6-8-13(9-7-11)12-4-2-1-3-5-12;1-3-2;1-2/h1-9,15H,10,14H2;1H2,2H3;1-2H3. The fourth-order valence-electron chi connectivity index (χ4n) is 1.56. The van der Waals surface area contributed by atoms with Crippen molar-refractivity contribution in [3.8, 4) is 11.1 Å². The number of hydrazine groups is 1. The van der Waals surface area contributed by atoms with E-state index in [1.54, 1.807) is 7.05 Å². The molecule has 0 aliphatic heterocycles. The molecule has 0 bridgehead atoms. The summed E-state index contributed by atoms with van der Waals surface area (Å²) >= 11 is 0. The first-order valence-electron chi connectivity index (χ1n) is 6.74. The quantitative estimate of drug-likeness (QED) is 0.508. The maximum Gasteiger partial charge on any atom is 0.0348 e. The Kier molecular flexibility index (Phi) is 10.9. The third-order valence-corrected chi connectivity index (χ3v) is 2.37. The van der Waals surface area contributed by atoms with Crippen molar-refractivity contribution < 1.29 is 0 Å². The number of aliphatic imine (C=N–C) groups is 1. The minimum atomic E-state index is 0.703. The summed E-state index contributed by atoms with van der Waals surface area (Å²) in [6.07, 6.45) is 0. The highest BCUT2D eigenvalue weighted by molar-refractivity contribution is 5.63. The van der Waals surface area contributed by atoms with Crippen LogP contribution >= 0.6 is 0 Å². The van der Waals surface area contributed by atoms with E-state index in [1.165, 1.54) is 16.7 Å². The molecule has 2 rings (SSSR count). The molecule has 0 heterocycles. The van der Waals surface area contributed by atoms with E-state index in [4.69, 9.17) is 5.84 Å². The molecule has 3 nitrogen and oxygen atoms in total. The van der Waals surface area contributed by atoms with Gasteiger partial charge in [-0.05, 0) is 23.4 Å². The molecule has 0 unspecified atom stereocenters. The Labute approximate surface area is 122 Å². The van der Waals surface area contributed by atoms with Crippen molar-refractivity contribution in [2.24, 2.45) is 10.8 Å². The van der Waals surface area contributed by atoms with Crippen LogP contribution in [0.4, 0.5) is 0 Å². The molecule has 0 aliphatic carbocycles. The third kappa shape index (κ3) is 6.83. The number of hydrogen-bond acceptors (Lipinski definition) is 3. The average Bonchev–Trinajstić information content (AvgIpc) is 2.52. The van der Waals surface area contributed by atoms with E-state index in [9.17, 15) is 0 Å². The molecule has 0 atom stereocenters. The molecule has 0 radical (unpaired) electrons. The molecule has 2 aromatic carbocycles. The van der Waals surface area contributed by atoms with Crippen LogP contribution in [0.25, 0.3) is 11.1 Å². The zero-order chi connectivity index (χ0) is 15.2. The summed E-state index contributed by atoms with van der Waals surface area (Å²) in [5.74, 6) is 5.26. The number of nitrogens with one attached hydrogen (secondary N) is 1. The topological polar surface area (TPSA) is 50.4 Å². The van der Waals surface area contributed by atoms with Gasteiger partial charge < -0.3 is 4.99 Å². The highest BCUT2D eigenvalue weighted by Crippen LogP contribution is 2.18. The first-order valence-corrected chi connectivity index (χ1v) is 6.74. The lowest BCUT2D eigenvalue weighted by molar-refractivity contribution is 0.741. The van der Waals surface area contributed by atoms with Crippen LogP contribution in [0.5, 0.6) is 0 Å². The maximum absolute atomic E-state index is 5.26. The average molecular weight is 271 g/mol. The van der Waals surface area contributed by atoms with Crippen molar-refractivity contribution >= 4 is 6.72 Å². The molecule has 0 aliphatic rings. The van der Waals surface area contributed by atoms with Gasteiger partial charge in [-0.15, -0.1) is 0 Å². The molecule has 3 N–H and O–H groups in total. The van der Waals surface area contributed by atoms with E-state index in [2.05, 4.69) is 53.5 Å². The lowest BCUT2D eigenvalue weighted by Gasteiger charge is -2.03. The van der Waals surface area contributed by atoms with Gasteiger partial charge in [0.1, 0.15) is 0 Å². The third-order valence-electron chi connectivity index (χ3n) is 2.37. The summed E-state index contributed by atoms with van der Waals surface area (Å²) in [5, 5.41) is 0. The summed E-state index contributed by atoms with van der Waals surface area (Å²) in [5.41, 5.74) is 6.31. The van der Waals surface area contributed by atoms with E-state index in [0.29, 0.717) is 6.54 Å². The van der Waals surface area contributed by atoms with E-state index >= 15 is 0 Å². The van der Waals surface area contributed by atoms with Crippen molar-refractivity contribution in [2.45, 2.75) is 20.4 Å². The SMILES string of the molecule is C=NC.CC.NNCc1ccc(-c2ccccc2)cc1. The van der Waals surface area contributed by atoms with Gasteiger partial charge in [0.2, 0.25) is 0 Å². The lowest BCUT2D eigenvalue weighted by Crippen LogP contribution is -2.20. The zero-order valence-corrected chi connectivity index (χ0v) is 12.6. The molecule has 0 amide bonds. The lowest BCUT2D eigenvalue weighted by atomic mass is 10.0. The molecule has 0 saturated heterocycles. The van der Waals surface area contributed by atoms with Crippen molar-refractivity contribution in [1.82, 2.24) is 5.43 Å². The van der Waals surface area contributed by atoms with Gasteiger partial charge in [0.15, 0.2) is 0 Å². The monoisotopic (exact) mass is 271 g/mol. The highest BCUT2D eigenvalue weighted by Gasteiger charge is 1.96. The van der Waals surface area contributed by atoms with Gasteiger partial charge in [-0.25, -0.2) is 0 Å². The zero-order valence-electron chi connectivity index (χ0n) is 12.6. The summed E-state index contributed by atoms with van der Waals surface area (Å²) in [6, 6.07) is 18.7. The normalized spacial score (nSPS) is 8.60. The molecule has 108 valence electrons. The van der Waals surface area contributed by atoms with Gasteiger partial charge in [-0.2, -0.15) is 0 Å². The van der Waals surface area contributed by atoms with Gasteiger partial charge >= 0.3 is 0 Å². The van der Waals surface area contributed by atoms with Crippen molar-refractivity contribution in [3.63, 3.8) is 0 Å². The van der Waals surface area contributed by atoms with Gasteiger partial charge in [0.25, 0.3) is 0 Å². The summed E-state index contributed by atoms with van der Waals surface area (Å²) in [6.45, 7) is 7.81. The Hall–Kier alpha value is -1.97. The Bertz CT molecular complexity index is 449. The predicted molar refractivity (Wildman–Crippen MR) is 89.7 cm³/mol. The molecule has 3 heteroatoms. The number of nitrogens with two attached hydrogens (primary N) is 1. The van der Waals surface area contributed by atoms with Crippen LogP contribution in [0.2, 0.25) is 0 Å². The number of nitrogens with zero attached hydrogens (tertiary/aromatic N) is 1. The van der Waals surface area contributed by atoms with Gasteiger partial charge in [0.05, 0.1) is 0 Å². The Morgan fingerprint density at radius 1 is 0.950 bits per heavy atom. The second kappa shape index (κ2) is 12.1. The molecule has 0 aromatic heterocycles. The van der Waals surface area contributed by atoms with Gasteiger partial charge in [0, 0.05) is 13.6 Å². The molecule has 0 fully saturated rings. The second-order valence-electron chi connectivity index (χ2n) is 3.76. The number of rotatable bonds is 3. The van der Waals surface area contributed by atoms with Crippen molar-refractivity contribution in [1.29, 1.82) is 0 Å². The van der Waals surface area contributed by atoms with Crippen LogP contribution in [-0.4, -0.2) is 13.8 Å². The largest absolute Gasteiger partial charge is 0.304 e. The second-order valence-corrected chi connectivity index (χ2v) is 3.76. The minimum Gasteiger partial charge on any atom is -0.304 e. The fraction of sp³-hybridized carbons (Fsp3) is 0.235. The van der Waals surface area contributed by atoms with Gasteiger partial charge in [-0.1, -0.05) is 68.4 Å². The first-order chi connectivity index (χ1) is 9.81. The molecule has 20 heavy (non-hydrogen) atoms. The Balaban J connectivity index is 0.000000641. The molecular formula is C17H25N3. The Morgan fingerprint density at radius 2 is 1.40 bits per heavy atom. The first kappa shape index (κ1) is 18.0. The van der Waals surface area contributed by atoms with Crippen LogP contribution in [0.3, 0.4) is 0 Å². The van der Waals surface area contributed by atoms with Crippen LogP contribution < -0.4 is 11.3 Å². The molecule has 0 saturated carbocycles. The highest BCUT2D eigenvalue weighted by atomic mass is 15.2. The van der Waals surface area contributed by atoms with E-state index in [0.717, 1.165) is 0 Å². The summed E-state index contributed by atoms with van der Waals surface area (Å²) in [7, 11) is 1.64. The van der Waals surface area contributed by atoms with E-state index in [-0.39, 0.29) is 0 Å². The van der Waals surface area contributed by atoms with Crippen LogP contribution in [0.1, 0.15) is 19.4 Å². The maximum atomic E-state index is 5.26. The number of hydrogen-bond donors (Lipinski definition) is 2. The van der Waals surface area contributed by atoms with Gasteiger partial charge in [-0.3, -0.25) is 11.3 Å². The summed E-state index contributed by atoms with van der Waals surface area (Å²) in [4.78, 5) is 3.25.